The van der Waals surface area contributed by atoms with Crippen molar-refractivity contribution in [1.29, 1.82) is 0 Å². The summed E-state index contributed by atoms with van der Waals surface area (Å²) in [7, 11) is 0. The van der Waals surface area contributed by atoms with E-state index in [1.165, 1.54) is 11.8 Å². The van der Waals surface area contributed by atoms with E-state index < -0.39 is 11.9 Å². The molecule has 0 aromatic rings. The van der Waals surface area contributed by atoms with E-state index in [0.717, 1.165) is 0 Å². The number of aliphatic carboxylic acids is 2. The van der Waals surface area contributed by atoms with Crippen LogP contribution in [0.5, 0.6) is 0 Å². The first kappa shape index (κ1) is 10.3. The lowest BCUT2D eigenvalue weighted by molar-refractivity contribution is -0.138. The monoisotopic (exact) mass is 205 g/mol. The third-order valence-corrected chi connectivity index (χ3v) is 3.07. The maximum absolute atomic E-state index is 10.3. The lowest BCUT2D eigenvalue weighted by atomic mass is 10.3. The molecular weight excluding hydrogens is 194 g/mol. The summed E-state index contributed by atoms with van der Waals surface area (Å²) in [4.78, 5) is 20.6. The molecule has 1 aliphatic rings. The number of carbonyl (C=O) groups is 2. The standard InChI is InChI=1S/C7H11NO4S/c9-6(10)1-4-3-8-5(13-4)2-7(11)12/h4-5,8H,1-3H2,(H,9,10)(H,11,12). The van der Waals surface area contributed by atoms with Crippen LogP contribution in [0.2, 0.25) is 0 Å². The molecule has 0 radical (unpaired) electrons. The largest absolute Gasteiger partial charge is 0.481 e. The predicted octanol–water partition coefficient (Wildman–Crippen LogP) is -0.0331. The summed E-state index contributed by atoms with van der Waals surface area (Å²) in [6.07, 6.45) is 0.134. The molecule has 3 N–H and O–H groups in total. The van der Waals surface area contributed by atoms with Gasteiger partial charge in [-0.2, -0.15) is 0 Å². The van der Waals surface area contributed by atoms with E-state index in [4.69, 9.17) is 10.2 Å². The van der Waals surface area contributed by atoms with Crippen LogP contribution >= 0.6 is 11.8 Å². The fourth-order valence-corrected chi connectivity index (χ4v) is 2.51. The van der Waals surface area contributed by atoms with Crippen LogP contribution in [0.3, 0.4) is 0 Å². The molecule has 1 saturated heterocycles. The molecule has 1 rings (SSSR count). The fraction of sp³-hybridized carbons (Fsp3) is 0.714. The summed E-state index contributed by atoms with van der Waals surface area (Å²) in [5.74, 6) is -1.70. The molecule has 2 unspecified atom stereocenters. The first-order valence-corrected chi connectivity index (χ1v) is 4.84. The molecule has 0 aliphatic carbocycles. The van der Waals surface area contributed by atoms with Crippen LogP contribution in [0.15, 0.2) is 0 Å². The Labute approximate surface area is 79.5 Å². The quantitative estimate of drug-likeness (QED) is 0.597. The van der Waals surface area contributed by atoms with Crippen molar-refractivity contribution in [1.82, 2.24) is 5.32 Å². The Morgan fingerprint density at radius 2 is 1.92 bits per heavy atom. The topological polar surface area (TPSA) is 86.6 Å². The van der Waals surface area contributed by atoms with Gasteiger partial charge in [-0.15, -0.1) is 11.8 Å². The molecule has 0 saturated carbocycles. The molecule has 13 heavy (non-hydrogen) atoms. The predicted molar refractivity (Wildman–Crippen MR) is 47.7 cm³/mol. The van der Waals surface area contributed by atoms with Gasteiger partial charge in [-0.25, -0.2) is 0 Å². The molecular formula is C7H11NO4S. The second-order valence-electron chi connectivity index (χ2n) is 2.85. The van der Waals surface area contributed by atoms with Crippen molar-refractivity contribution in [2.45, 2.75) is 23.5 Å². The summed E-state index contributed by atoms with van der Waals surface area (Å²) < 4.78 is 0. The third-order valence-electron chi connectivity index (χ3n) is 1.69. The summed E-state index contributed by atoms with van der Waals surface area (Å²) in [5, 5.41) is 19.8. The van der Waals surface area contributed by atoms with Crippen molar-refractivity contribution in [3.05, 3.63) is 0 Å². The average molecular weight is 205 g/mol. The minimum absolute atomic E-state index is 0.00171. The number of carboxylic acids is 2. The van der Waals surface area contributed by atoms with Gasteiger partial charge in [0.25, 0.3) is 0 Å². The second kappa shape index (κ2) is 4.48. The van der Waals surface area contributed by atoms with Gasteiger partial charge < -0.3 is 15.5 Å². The molecule has 1 fully saturated rings. The Hall–Kier alpha value is -0.750. The van der Waals surface area contributed by atoms with E-state index in [-0.39, 0.29) is 23.5 Å². The van der Waals surface area contributed by atoms with Gasteiger partial charge in [0.15, 0.2) is 0 Å². The van der Waals surface area contributed by atoms with Crippen LogP contribution < -0.4 is 5.32 Å². The SMILES string of the molecule is O=C(O)CC1CNC(CC(=O)O)S1. The van der Waals surface area contributed by atoms with Gasteiger partial charge in [0, 0.05) is 11.8 Å². The van der Waals surface area contributed by atoms with Crippen molar-refractivity contribution >= 4 is 23.7 Å². The first-order valence-electron chi connectivity index (χ1n) is 3.90. The Morgan fingerprint density at radius 1 is 1.31 bits per heavy atom. The van der Waals surface area contributed by atoms with Crippen LogP contribution in [0.25, 0.3) is 0 Å². The summed E-state index contributed by atoms with van der Waals surface area (Å²) >= 11 is 1.39. The van der Waals surface area contributed by atoms with Gasteiger partial charge in [0.1, 0.15) is 0 Å². The van der Waals surface area contributed by atoms with Crippen LogP contribution in [-0.4, -0.2) is 39.3 Å². The fourth-order valence-electron chi connectivity index (χ4n) is 1.19. The molecule has 5 nitrogen and oxygen atoms in total. The van der Waals surface area contributed by atoms with Gasteiger partial charge in [-0.3, -0.25) is 9.59 Å². The minimum atomic E-state index is -0.860. The molecule has 0 amide bonds. The van der Waals surface area contributed by atoms with E-state index in [9.17, 15) is 9.59 Å². The Balaban J connectivity index is 2.27. The van der Waals surface area contributed by atoms with E-state index in [1.807, 2.05) is 0 Å². The highest BCUT2D eigenvalue weighted by Gasteiger charge is 2.27. The van der Waals surface area contributed by atoms with Crippen LogP contribution in [0.1, 0.15) is 12.8 Å². The zero-order chi connectivity index (χ0) is 9.84. The van der Waals surface area contributed by atoms with Crippen molar-refractivity contribution in [2.24, 2.45) is 0 Å². The first-order chi connectivity index (χ1) is 6.08. The molecule has 0 aromatic carbocycles. The number of carboxylic acid groups (broad SMARTS) is 2. The number of rotatable bonds is 4. The van der Waals surface area contributed by atoms with Crippen LogP contribution in [0, 0.1) is 0 Å². The molecule has 0 aromatic heterocycles. The smallest absolute Gasteiger partial charge is 0.305 e. The molecule has 0 bridgehead atoms. The minimum Gasteiger partial charge on any atom is -0.481 e. The number of nitrogens with one attached hydrogen (secondary N) is 1. The van der Waals surface area contributed by atoms with E-state index in [0.29, 0.717) is 6.54 Å². The van der Waals surface area contributed by atoms with Crippen LogP contribution in [0.4, 0.5) is 0 Å². The van der Waals surface area contributed by atoms with E-state index in [2.05, 4.69) is 5.32 Å². The van der Waals surface area contributed by atoms with Gasteiger partial charge in [0.2, 0.25) is 0 Å². The van der Waals surface area contributed by atoms with Crippen molar-refractivity contribution < 1.29 is 19.8 Å². The lowest BCUT2D eigenvalue weighted by Gasteiger charge is -2.05. The summed E-state index contributed by atoms with van der Waals surface area (Å²) in [6, 6.07) is 0. The Morgan fingerprint density at radius 3 is 2.46 bits per heavy atom. The van der Waals surface area contributed by atoms with Gasteiger partial charge >= 0.3 is 11.9 Å². The molecule has 1 heterocycles. The van der Waals surface area contributed by atoms with Gasteiger partial charge in [0.05, 0.1) is 18.2 Å². The van der Waals surface area contributed by atoms with Gasteiger partial charge in [-0.1, -0.05) is 0 Å². The highest BCUT2D eigenvalue weighted by atomic mass is 32.2. The molecule has 74 valence electrons. The molecule has 0 spiro atoms. The zero-order valence-corrected chi connectivity index (χ0v) is 7.71. The number of hydrogen-bond acceptors (Lipinski definition) is 4. The van der Waals surface area contributed by atoms with Crippen molar-refractivity contribution in [3.8, 4) is 0 Å². The maximum atomic E-state index is 10.3. The molecule has 2 atom stereocenters. The lowest BCUT2D eigenvalue weighted by Crippen LogP contribution is -2.23. The van der Waals surface area contributed by atoms with E-state index in [1.54, 1.807) is 0 Å². The van der Waals surface area contributed by atoms with Crippen molar-refractivity contribution in [3.63, 3.8) is 0 Å². The van der Waals surface area contributed by atoms with Gasteiger partial charge in [-0.05, 0) is 0 Å². The highest BCUT2D eigenvalue weighted by Crippen LogP contribution is 2.26. The van der Waals surface area contributed by atoms with E-state index >= 15 is 0 Å². The van der Waals surface area contributed by atoms with Crippen LogP contribution in [-0.2, 0) is 9.59 Å². The second-order valence-corrected chi connectivity index (χ2v) is 4.36. The third kappa shape index (κ3) is 3.65. The Bertz CT molecular complexity index is 199. The normalized spacial score (nSPS) is 27.4. The highest BCUT2D eigenvalue weighted by molar-refractivity contribution is 8.00. The number of thioether (sulfide) groups is 1. The molecule has 1 aliphatic heterocycles. The number of hydrogen-bond donors (Lipinski definition) is 3. The zero-order valence-electron chi connectivity index (χ0n) is 6.90. The maximum Gasteiger partial charge on any atom is 0.305 e. The molecule has 6 heteroatoms. The van der Waals surface area contributed by atoms with Crippen molar-refractivity contribution in [2.75, 3.05) is 6.54 Å². The average Bonchev–Trinajstić information content (AvgIpc) is 2.33. The summed E-state index contributed by atoms with van der Waals surface area (Å²) in [6.45, 7) is 0.578. The Kier molecular flexibility index (Phi) is 3.56. The summed E-state index contributed by atoms with van der Waals surface area (Å²) in [5.41, 5.74) is 0.